The zero-order chi connectivity index (χ0) is 27.6. The third kappa shape index (κ3) is 5.83. The van der Waals surface area contributed by atoms with Crippen molar-refractivity contribution in [2.24, 2.45) is 11.7 Å². The lowest BCUT2D eigenvalue weighted by Gasteiger charge is -2.38. The molecule has 5 heterocycles. The van der Waals surface area contributed by atoms with Gasteiger partial charge in [0.2, 0.25) is 11.9 Å². The van der Waals surface area contributed by atoms with Gasteiger partial charge in [-0.1, -0.05) is 30.3 Å². The van der Waals surface area contributed by atoms with E-state index in [4.69, 9.17) is 15.7 Å². The highest BCUT2D eigenvalue weighted by molar-refractivity contribution is 7.17. The summed E-state index contributed by atoms with van der Waals surface area (Å²) in [4.78, 5) is 33.1. The number of primary amides is 1. The molecule has 0 saturated carbocycles. The fourth-order valence-corrected chi connectivity index (χ4v) is 7.90. The van der Waals surface area contributed by atoms with Crippen LogP contribution < -0.4 is 15.5 Å². The third-order valence-corrected chi connectivity index (χ3v) is 10.1. The molecule has 0 radical (unpaired) electrons. The average molecular weight is 562 g/mol. The van der Waals surface area contributed by atoms with Crippen molar-refractivity contribution >= 4 is 39.2 Å². The first-order valence-electron chi connectivity index (χ1n) is 15.0. The number of nitrogens with two attached hydrogens (primary N) is 1. The van der Waals surface area contributed by atoms with Gasteiger partial charge < -0.3 is 25.3 Å². The second-order valence-electron chi connectivity index (χ2n) is 12.1. The lowest BCUT2D eigenvalue weighted by Crippen LogP contribution is -2.43. The number of aromatic nitrogens is 2. The summed E-state index contributed by atoms with van der Waals surface area (Å²) in [6.07, 6.45) is 7.13. The number of hydrogen-bond acceptors (Lipinski definition) is 8. The molecule has 2 atom stereocenters. The van der Waals surface area contributed by atoms with E-state index in [1.807, 2.05) is 0 Å². The minimum atomic E-state index is -0.253. The van der Waals surface area contributed by atoms with Crippen LogP contribution in [0.4, 0.5) is 11.8 Å². The highest BCUT2D eigenvalue weighted by Gasteiger charge is 2.31. The largest absolute Gasteiger partial charge is 0.370 e. The lowest BCUT2D eigenvalue weighted by molar-refractivity contribution is -0.118. The number of piperidine rings is 2. The highest BCUT2D eigenvalue weighted by Crippen LogP contribution is 2.41. The van der Waals surface area contributed by atoms with E-state index >= 15 is 0 Å². The van der Waals surface area contributed by atoms with Crippen LogP contribution in [0.3, 0.4) is 0 Å². The molecule has 2 N–H and O–H groups in total. The van der Waals surface area contributed by atoms with E-state index in [0.29, 0.717) is 18.4 Å². The van der Waals surface area contributed by atoms with Crippen LogP contribution in [0.2, 0.25) is 0 Å². The molecule has 0 bridgehead atoms. The van der Waals surface area contributed by atoms with E-state index in [1.54, 1.807) is 11.3 Å². The summed E-state index contributed by atoms with van der Waals surface area (Å²) < 4.78 is 0. The van der Waals surface area contributed by atoms with Crippen molar-refractivity contribution in [3.63, 3.8) is 0 Å². The zero-order valence-electron chi connectivity index (χ0n) is 24.0. The van der Waals surface area contributed by atoms with Gasteiger partial charge in [-0.3, -0.25) is 4.79 Å². The maximum Gasteiger partial charge on any atom is 0.228 e. The van der Waals surface area contributed by atoms with E-state index in [0.717, 1.165) is 60.9 Å². The van der Waals surface area contributed by atoms with Crippen molar-refractivity contribution in [3.05, 3.63) is 35.7 Å². The van der Waals surface area contributed by atoms with Gasteiger partial charge in [-0.05, 0) is 70.6 Å². The predicted molar refractivity (Wildman–Crippen MR) is 165 cm³/mol. The van der Waals surface area contributed by atoms with Crippen LogP contribution in [0.5, 0.6) is 0 Å². The van der Waals surface area contributed by atoms with Gasteiger partial charge in [0.1, 0.15) is 10.6 Å². The Morgan fingerprint density at radius 2 is 1.85 bits per heavy atom. The second kappa shape index (κ2) is 12.0. The Morgan fingerprint density at radius 3 is 2.58 bits per heavy atom. The molecule has 2 unspecified atom stereocenters. The van der Waals surface area contributed by atoms with E-state index in [9.17, 15) is 4.79 Å². The number of anilines is 2. The molecule has 214 valence electrons. The molecule has 2 aromatic heterocycles. The van der Waals surface area contributed by atoms with E-state index in [-0.39, 0.29) is 11.9 Å². The molecule has 3 fully saturated rings. The van der Waals surface area contributed by atoms with Crippen molar-refractivity contribution in [2.45, 2.75) is 57.0 Å². The first kappa shape index (κ1) is 27.4. The van der Waals surface area contributed by atoms with Crippen molar-refractivity contribution in [2.75, 3.05) is 63.2 Å². The lowest BCUT2D eigenvalue weighted by atomic mass is 9.95. The van der Waals surface area contributed by atoms with Gasteiger partial charge in [-0.2, -0.15) is 4.98 Å². The number of carbonyl (C=O) groups is 1. The molecule has 8 nitrogen and oxygen atoms in total. The van der Waals surface area contributed by atoms with Crippen LogP contribution in [0.25, 0.3) is 21.3 Å². The molecule has 0 aliphatic carbocycles. The first-order chi connectivity index (χ1) is 19.5. The third-order valence-electron chi connectivity index (χ3n) is 9.26. The van der Waals surface area contributed by atoms with E-state index < -0.39 is 0 Å². The van der Waals surface area contributed by atoms with E-state index in [2.05, 4.69) is 69.4 Å². The summed E-state index contributed by atoms with van der Waals surface area (Å²) in [7, 11) is 4.55. The minimum absolute atomic E-state index is 0.0704. The summed E-state index contributed by atoms with van der Waals surface area (Å²) in [6.45, 7) is 6.44. The topological polar surface area (TPSA) is 81.8 Å². The van der Waals surface area contributed by atoms with Crippen LogP contribution in [-0.4, -0.2) is 91.1 Å². The number of benzene rings is 1. The second-order valence-corrected chi connectivity index (χ2v) is 13.0. The van der Waals surface area contributed by atoms with Crippen LogP contribution in [-0.2, 0) is 4.79 Å². The number of fused-ring (bicyclic) bond motifs is 1. The number of nitrogens with zero attached hydrogens (tertiary/aromatic N) is 6. The monoisotopic (exact) mass is 561 g/mol. The Hall–Kier alpha value is -2.75. The number of likely N-dealkylation sites (N-methyl/N-ethyl adjacent to an activating group) is 2. The number of likely N-dealkylation sites (tertiary alicyclic amines) is 1. The molecular weight excluding hydrogens is 518 g/mol. The Morgan fingerprint density at radius 1 is 1.05 bits per heavy atom. The van der Waals surface area contributed by atoms with Gasteiger partial charge in [0, 0.05) is 62.2 Å². The van der Waals surface area contributed by atoms with Gasteiger partial charge in [-0.25, -0.2) is 4.98 Å². The van der Waals surface area contributed by atoms with Crippen LogP contribution >= 0.6 is 11.3 Å². The molecular formula is C31H43N7OS. The fourth-order valence-electron chi connectivity index (χ4n) is 6.96. The van der Waals surface area contributed by atoms with Crippen LogP contribution in [0.15, 0.2) is 35.7 Å². The molecule has 1 aromatic carbocycles. The van der Waals surface area contributed by atoms with Gasteiger partial charge in [0.05, 0.1) is 5.39 Å². The maximum atomic E-state index is 11.9. The molecule has 1 amide bonds. The summed E-state index contributed by atoms with van der Waals surface area (Å²) in [6, 6.07) is 11.4. The highest BCUT2D eigenvalue weighted by atomic mass is 32.1. The van der Waals surface area contributed by atoms with Gasteiger partial charge in [-0.15, -0.1) is 11.3 Å². The van der Waals surface area contributed by atoms with Crippen molar-refractivity contribution in [3.8, 4) is 11.1 Å². The smallest absolute Gasteiger partial charge is 0.228 e. The molecule has 3 aliphatic heterocycles. The Bertz CT molecular complexity index is 1310. The predicted octanol–water partition coefficient (Wildman–Crippen LogP) is 4.44. The molecule has 6 rings (SSSR count). The molecule has 3 aromatic rings. The molecule has 0 spiro atoms. The molecule has 9 heteroatoms. The zero-order valence-corrected chi connectivity index (χ0v) is 24.8. The number of carbonyl (C=O) groups excluding carboxylic acids is 1. The van der Waals surface area contributed by atoms with Crippen molar-refractivity contribution in [1.82, 2.24) is 19.8 Å². The number of thiophene rings is 1. The summed E-state index contributed by atoms with van der Waals surface area (Å²) in [5, 5.41) is 3.40. The van der Waals surface area contributed by atoms with E-state index in [1.165, 1.54) is 50.0 Å². The van der Waals surface area contributed by atoms with Gasteiger partial charge >= 0.3 is 0 Å². The molecule has 40 heavy (non-hydrogen) atoms. The summed E-state index contributed by atoms with van der Waals surface area (Å²) >= 11 is 1.70. The fraction of sp³-hybridized carbons (Fsp3) is 0.581. The normalized spacial score (nSPS) is 23.0. The molecule has 3 saturated heterocycles. The van der Waals surface area contributed by atoms with Crippen LogP contribution in [0, 0.1) is 5.92 Å². The van der Waals surface area contributed by atoms with Crippen molar-refractivity contribution < 1.29 is 4.79 Å². The Kier molecular flexibility index (Phi) is 8.23. The Balaban J connectivity index is 1.29. The SMILES string of the molecule is CN1CCC(N(C)CC2CCN(c3nc(N4CCCCC4CC(N)=O)nc4scc(-c5ccccc5)c34)CC2)C1. The quantitative estimate of drug-likeness (QED) is 0.435. The summed E-state index contributed by atoms with van der Waals surface area (Å²) in [5.74, 6) is 2.26. The Labute approximate surface area is 242 Å². The minimum Gasteiger partial charge on any atom is -0.370 e. The molecule has 3 aliphatic rings. The number of hydrogen-bond donors (Lipinski definition) is 1. The van der Waals surface area contributed by atoms with Gasteiger partial charge in [0.25, 0.3) is 0 Å². The van der Waals surface area contributed by atoms with Crippen LogP contribution in [0.1, 0.15) is 44.9 Å². The maximum absolute atomic E-state index is 11.9. The number of amides is 1. The first-order valence-corrected chi connectivity index (χ1v) is 15.9. The van der Waals surface area contributed by atoms with Gasteiger partial charge in [0.15, 0.2) is 0 Å². The van der Waals surface area contributed by atoms with Crippen molar-refractivity contribution in [1.29, 1.82) is 0 Å². The standard InChI is InChI=1S/C31H43N7OS/c1-35-15-13-25(20-35)36(2)19-22-11-16-37(17-12-22)29-28-26(23-8-4-3-5-9-23)21-40-30(28)34-31(33-29)38-14-7-6-10-24(38)18-27(32)39/h3-5,8-9,21-22,24-25H,6-7,10-20H2,1-2H3,(H2,32,39). The average Bonchev–Trinajstić information content (AvgIpc) is 3.60. The summed E-state index contributed by atoms with van der Waals surface area (Å²) in [5.41, 5.74) is 8.06. The number of rotatable bonds is 8.